The number of anilines is 1. The summed E-state index contributed by atoms with van der Waals surface area (Å²) < 4.78 is 0. The summed E-state index contributed by atoms with van der Waals surface area (Å²) in [6, 6.07) is 17.1. The smallest absolute Gasteiger partial charge is 0.193 e. The molecule has 26 heavy (non-hydrogen) atoms. The molecule has 0 unspecified atom stereocenters. The predicted molar refractivity (Wildman–Crippen MR) is 121 cm³/mol. The zero-order chi connectivity index (χ0) is 17.5. The maximum absolute atomic E-state index is 6.00. The lowest BCUT2D eigenvalue weighted by Gasteiger charge is -2.28. The zero-order valence-electron chi connectivity index (χ0n) is 15.4. The molecule has 0 saturated carbocycles. The van der Waals surface area contributed by atoms with E-state index in [-0.39, 0.29) is 24.0 Å². The molecule has 0 amide bonds. The van der Waals surface area contributed by atoms with E-state index in [1.54, 1.807) is 0 Å². The number of aliphatic imine (C=N–C) groups is 1. The molecular weight excluding hydrogens is 435 g/mol. The summed E-state index contributed by atoms with van der Waals surface area (Å²) in [6.45, 7) is 6.16. The first-order chi connectivity index (χ1) is 12.2. The van der Waals surface area contributed by atoms with Crippen molar-refractivity contribution >= 4 is 35.6 Å². The third kappa shape index (κ3) is 5.99. The fourth-order valence-electron chi connectivity index (χ4n) is 3.30. The highest BCUT2D eigenvalue weighted by Gasteiger charge is 2.14. The van der Waals surface area contributed by atoms with Crippen molar-refractivity contribution in [2.45, 2.75) is 32.7 Å². The van der Waals surface area contributed by atoms with Gasteiger partial charge in [0.25, 0.3) is 0 Å². The van der Waals surface area contributed by atoms with Crippen molar-refractivity contribution in [1.82, 2.24) is 4.90 Å². The quantitative estimate of drug-likeness (QED) is 0.294. The molecule has 2 aromatic carbocycles. The molecule has 1 aliphatic rings. The molecule has 0 atom stereocenters. The van der Waals surface area contributed by atoms with Crippen molar-refractivity contribution in [2.24, 2.45) is 10.7 Å². The number of aryl methyl sites for hydroxylation is 1. The number of hydrogen-bond acceptors (Lipinski definition) is 2. The van der Waals surface area contributed by atoms with Crippen LogP contribution in [0, 0.1) is 0 Å². The number of nitrogens with zero attached hydrogens (tertiary/aromatic N) is 2. The summed E-state index contributed by atoms with van der Waals surface area (Å²) >= 11 is 0. The van der Waals surface area contributed by atoms with Crippen LogP contribution in [0.4, 0.5) is 5.69 Å². The highest BCUT2D eigenvalue weighted by molar-refractivity contribution is 14.0. The van der Waals surface area contributed by atoms with E-state index in [1.165, 1.54) is 16.7 Å². The number of rotatable bonds is 6. The molecule has 0 radical (unpaired) electrons. The van der Waals surface area contributed by atoms with Gasteiger partial charge in [-0.25, -0.2) is 0 Å². The largest absolute Gasteiger partial charge is 0.370 e. The predicted octanol–water partition coefficient (Wildman–Crippen LogP) is 4.04. The molecule has 3 rings (SSSR count). The first-order valence-corrected chi connectivity index (χ1v) is 9.19. The first kappa shape index (κ1) is 20.7. The average molecular weight is 464 g/mol. The van der Waals surface area contributed by atoms with Gasteiger partial charge >= 0.3 is 0 Å². The van der Waals surface area contributed by atoms with E-state index < -0.39 is 0 Å². The highest BCUT2D eigenvalue weighted by atomic mass is 127. The van der Waals surface area contributed by atoms with Crippen LogP contribution in [0.3, 0.4) is 0 Å². The molecule has 3 N–H and O–H groups in total. The van der Waals surface area contributed by atoms with E-state index in [2.05, 4.69) is 58.5 Å². The Morgan fingerprint density at radius 3 is 2.77 bits per heavy atom. The Hall–Kier alpha value is -1.60. The van der Waals surface area contributed by atoms with E-state index in [0.717, 1.165) is 51.1 Å². The van der Waals surface area contributed by atoms with Gasteiger partial charge in [0.2, 0.25) is 0 Å². The minimum Gasteiger partial charge on any atom is -0.370 e. The van der Waals surface area contributed by atoms with Crippen LogP contribution in [-0.2, 0) is 19.4 Å². The maximum atomic E-state index is 6.00. The standard InChI is InChI=1S/C21H28N4.HI/c1-2-17-7-5-10-20(15-17)24-21(22)23-12-6-13-25-14-11-18-8-3-4-9-19(18)16-25;/h3-5,7-10,15H,2,6,11-14,16H2,1H3,(H3,22,23,24);1H. The van der Waals surface area contributed by atoms with Crippen LogP contribution in [0.2, 0.25) is 0 Å². The minimum absolute atomic E-state index is 0. The summed E-state index contributed by atoms with van der Waals surface area (Å²) in [7, 11) is 0. The SMILES string of the molecule is CCc1cccc(NC(N)=NCCCN2CCc3ccccc3C2)c1.I. The number of guanidine groups is 1. The van der Waals surface area contributed by atoms with Gasteiger partial charge in [-0.3, -0.25) is 9.89 Å². The lowest BCUT2D eigenvalue weighted by molar-refractivity contribution is 0.253. The molecule has 0 aliphatic carbocycles. The molecule has 0 spiro atoms. The van der Waals surface area contributed by atoms with Crippen LogP contribution >= 0.6 is 24.0 Å². The molecule has 0 fully saturated rings. The lowest BCUT2D eigenvalue weighted by Crippen LogP contribution is -2.31. The van der Waals surface area contributed by atoms with Gasteiger partial charge in [-0.15, -0.1) is 24.0 Å². The van der Waals surface area contributed by atoms with Gasteiger partial charge in [-0.05, 0) is 48.1 Å². The third-order valence-corrected chi connectivity index (χ3v) is 4.73. The number of halogens is 1. The van der Waals surface area contributed by atoms with Crippen molar-refractivity contribution < 1.29 is 0 Å². The highest BCUT2D eigenvalue weighted by Crippen LogP contribution is 2.18. The van der Waals surface area contributed by atoms with E-state index in [4.69, 9.17) is 5.73 Å². The summed E-state index contributed by atoms with van der Waals surface area (Å²) in [4.78, 5) is 6.97. The topological polar surface area (TPSA) is 53.6 Å². The van der Waals surface area contributed by atoms with E-state index in [9.17, 15) is 0 Å². The fourth-order valence-corrected chi connectivity index (χ4v) is 3.30. The monoisotopic (exact) mass is 464 g/mol. The molecule has 0 saturated heterocycles. The Labute approximate surface area is 173 Å². The van der Waals surface area contributed by atoms with Gasteiger partial charge in [0.15, 0.2) is 5.96 Å². The van der Waals surface area contributed by atoms with Gasteiger partial charge in [0.05, 0.1) is 0 Å². The summed E-state index contributed by atoms with van der Waals surface area (Å²) in [5.41, 5.74) is 11.3. The van der Waals surface area contributed by atoms with Crippen LogP contribution in [-0.4, -0.2) is 30.5 Å². The van der Waals surface area contributed by atoms with Crippen LogP contribution in [0.25, 0.3) is 0 Å². The van der Waals surface area contributed by atoms with Crippen LogP contribution in [0.5, 0.6) is 0 Å². The molecule has 1 heterocycles. The third-order valence-electron chi connectivity index (χ3n) is 4.73. The number of benzene rings is 2. The second kappa shape index (κ2) is 10.5. The molecule has 0 aromatic heterocycles. The Kier molecular flexibility index (Phi) is 8.38. The molecule has 0 bridgehead atoms. The van der Waals surface area contributed by atoms with Gasteiger partial charge in [-0.2, -0.15) is 0 Å². The fraction of sp³-hybridized carbons (Fsp3) is 0.381. The number of hydrogen-bond donors (Lipinski definition) is 2. The van der Waals surface area contributed by atoms with Crippen molar-refractivity contribution in [3.05, 3.63) is 65.2 Å². The molecule has 4 nitrogen and oxygen atoms in total. The van der Waals surface area contributed by atoms with Gasteiger partial charge in [0, 0.05) is 31.9 Å². The second-order valence-corrected chi connectivity index (χ2v) is 6.59. The van der Waals surface area contributed by atoms with Crippen LogP contribution in [0.1, 0.15) is 30.0 Å². The Morgan fingerprint density at radius 2 is 1.96 bits per heavy atom. The summed E-state index contributed by atoms with van der Waals surface area (Å²) in [5, 5.41) is 3.18. The van der Waals surface area contributed by atoms with Crippen LogP contribution in [0.15, 0.2) is 53.5 Å². The number of fused-ring (bicyclic) bond motifs is 1. The average Bonchev–Trinajstić information content (AvgIpc) is 2.65. The summed E-state index contributed by atoms with van der Waals surface area (Å²) in [5.74, 6) is 0.497. The van der Waals surface area contributed by atoms with Gasteiger partial charge < -0.3 is 11.1 Å². The maximum Gasteiger partial charge on any atom is 0.193 e. The molecular formula is C21H29IN4. The number of nitrogens with two attached hydrogens (primary N) is 1. The van der Waals surface area contributed by atoms with E-state index in [0.29, 0.717) is 5.96 Å². The first-order valence-electron chi connectivity index (χ1n) is 9.19. The zero-order valence-corrected chi connectivity index (χ0v) is 17.8. The normalized spacial score (nSPS) is 14.4. The van der Waals surface area contributed by atoms with Crippen molar-refractivity contribution in [3.8, 4) is 0 Å². The Morgan fingerprint density at radius 1 is 1.15 bits per heavy atom. The Bertz CT molecular complexity index is 729. The lowest BCUT2D eigenvalue weighted by atomic mass is 10.00. The minimum atomic E-state index is 0. The van der Waals surface area contributed by atoms with Crippen molar-refractivity contribution in [2.75, 3.05) is 25.0 Å². The number of nitrogens with one attached hydrogen (secondary N) is 1. The summed E-state index contributed by atoms with van der Waals surface area (Å²) in [6.07, 6.45) is 3.20. The second-order valence-electron chi connectivity index (χ2n) is 6.59. The van der Waals surface area contributed by atoms with Crippen molar-refractivity contribution in [3.63, 3.8) is 0 Å². The van der Waals surface area contributed by atoms with Crippen molar-refractivity contribution in [1.29, 1.82) is 0 Å². The molecule has 1 aliphatic heterocycles. The van der Waals surface area contributed by atoms with Gasteiger partial charge in [-0.1, -0.05) is 43.3 Å². The molecule has 2 aromatic rings. The Balaban J connectivity index is 0.00000243. The van der Waals surface area contributed by atoms with E-state index >= 15 is 0 Å². The van der Waals surface area contributed by atoms with E-state index in [1.807, 2.05) is 12.1 Å². The molecule has 140 valence electrons. The van der Waals surface area contributed by atoms with Crippen LogP contribution < -0.4 is 11.1 Å². The molecule has 5 heteroatoms. The van der Waals surface area contributed by atoms with Gasteiger partial charge in [0.1, 0.15) is 0 Å².